The van der Waals surface area contributed by atoms with E-state index in [2.05, 4.69) is 0 Å². The van der Waals surface area contributed by atoms with Gasteiger partial charge in [0.2, 0.25) is 0 Å². The fourth-order valence-corrected chi connectivity index (χ4v) is 4.32. The smallest absolute Gasteiger partial charge is 0.187 e. The van der Waals surface area contributed by atoms with Crippen LogP contribution < -0.4 is 0 Å². The van der Waals surface area contributed by atoms with Crippen LogP contribution in [0, 0.1) is 17.3 Å². The molecule has 0 unspecified atom stereocenters. The standard InChI is InChI=1S/C19H34O8/c1-9(21)5-6-11-10(2)17(12(22)7-19(11,3)4)27-18-16(25)15(24)14(23)13(8-20)26-18/h5-6,9-18,20-25H,7-8H2,1-4H3/b6-5+/t9-,10+,11+,12+,13+,14+,15-,16+,17+,18-/m1/s1. The van der Waals surface area contributed by atoms with Crippen LogP contribution in [0.3, 0.4) is 0 Å². The highest BCUT2D eigenvalue weighted by Gasteiger charge is 2.50. The number of ether oxygens (including phenoxy) is 2. The molecule has 0 spiro atoms. The van der Waals surface area contributed by atoms with Gasteiger partial charge in [-0.05, 0) is 30.6 Å². The van der Waals surface area contributed by atoms with E-state index in [1.54, 1.807) is 13.0 Å². The van der Waals surface area contributed by atoms with Crippen LogP contribution in [0.4, 0.5) is 0 Å². The number of aliphatic hydroxyl groups is 6. The molecule has 1 aliphatic heterocycles. The number of allylic oxidation sites excluding steroid dienone is 1. The minimum Gasteiger partial charge on any atom is -0.394 e. The molecule has 1 saturated heterocycles. The second kappa shape index (κ2) is 8.84. The molecule has 0 amide bonds. The Kier molecular flexibility index (Phi) is 7.43. The van der Waals surface area contributed by atoms with Gasteiger partial charge < -0.3 is 40.1 Å². The van der Waals surface area contributed by atoms with Crippen molar-refractivity contribution >= 4 is 0 Å². The van der Waals surface area contributed by atoms with Crippen LogP contribution in [0.2, 0.25) is 0 Å². The Morgan fingerprint density at radius 2 is 1.78 bits per heavy atom. The lowest BCUT2D eigenvalue weighted by molar-refractivity contribution is -0.326. The largest absolute Gasteiger partial charge is 0.394 e. The van der Waals surface area contributed by atoms with Crippen molar-refractivity contribution in [2.45, 2.75) is 83.1 Å². The summed E-state index contributed by atoms with van der Waals surface area (Å²) in [6, 6.07) is 0. The summed E-state index contributed by atoms with van der Waals surface area (Å²) in [5, 5.41) is 59.5. The number of hydrogen-bond acceptors (Lipinski definition) is 8. The lowest BCUT2D eigenvalue weighted by Gasteiger charge is -2.50. The highest BCUT2D eigenvalue weighted by molar-refractivity contribution is 5.06. The first kappa shape index (κ1) is 22.7. The van der Waals surface area contributed by atoms with Crippen molar-refractivity contribution in [3.63, 3.8) is 0 Å². The SMILES string of the molecule is C[C@@H]1[C@H](O[C@H]2O[C@@H](CO)[C@H](O)[C@@H](O)[C@@H]2O)[C@@H](O)CC(C)(C)[C@H]1/C=C/[C@@H](C)O. The van der Waals surface area contributed by atoms with Crippen molar-refractivity contribution in [3.05, 3.63) is 12.2 Å². The summed E-state index contributed by atoms with van der Waals surface area (Å²) in [6.07, 6.45) is -4.89. The van der Waals surface area contributed by atoms with Crippen LogP contribution in [0.1, 0.15) is 34.1 Å². The average Bonchev–Trinajstić information content (AvgIpc) is 2.57. The summed E-state index contributed by atoms with van der Waals surface area (Å²) in [6.45, 7) is 7.10. The van der Waals surface area contributed by atoms with Crippen molar-refractivity contribution in [1.29, 1.82) is 0 Å². The molecule has 0 radical (unpaired) electrons. The average molecular weight is 390 g/mol. The molecule has 158 valence electrons. The third-order valence-corrected chi connectivity index (χ3v) is 5.84. The maximum atomic E-state index is 10.6. The predicted octanol–water partition coefficient (Wildman–Crippen LogP) is -0.848. The van der Waals surface area contributed by atoms with Crippen molar-refractivity contribution in [1.82, 2.24) is 0 Å². The van der Waals surface area contributed by atoms with Gasteiger partial charge in [-0.3, -0.25) is 0 Å². The molecule has 0 aromatic heterocycles. The van der Waals surface area contributed by atoms with E-state index in [1.807, 2.05) is 26.8 Å². The van der Waals surface area contributed by atoms with Gasteiger partial charge in [-0.1, -0.05) is 32.9 Å². The highest BCUT2D eigenvalue weighted by Crippen LogP contribution is 2.46. The minimum atomic E-state index is -1.53. The molecule has 0 bridgehead atoms. The third-order valence-electron chi connectivity index (χ3n) is 5.84. The van der Waals surface area contributed by atoms with Gasteiger partial charge in [0.15, 0.2) is 6.29 Å². The molecule has 27 heavy (non-hydrogen) atoms. The topological polar surface area (TPSA) is 140 Å². The molecule has 8 nitrogen and oxygen atoms in total. The van der Waals surface area contributed by atoms with E-state index in [4.69, 9.17) is 9.47 Å². The molecule has 2 rings (SSSR count). The quantitative estimate of drug-likeness (QED) is 0.334. The summed E-state index contributed by atoms with van der Waals surface area (Å²) < 4.78 is 11.3. The summed E-state index contributed by atoms with van der Waals surface area (Å²) in [7, 11) is 0. The van der Waals surface area contributed by atoms with Gasteiger partial charge in [0.25, 0.3) is 0 Å². The normalized spacial score (nSPS) is 46.5. The van der Waals surface area contributed by atoms with E-state index in [9.17, 15) is 30.6 Å². The lowest BCUT2D eigenvalue weighted by atomic mass is 9.62. The molecule has 8 heteroatoms. The molecular formula is C19H34O8. The maximum absolute atomic E-state index is 10.6. The molecule has 10 atom stereocenters. The Hall–Kier alpha value is -0.580. The Morgan fingerprint density at radius 1 is 1.15 bits per heavy atom. The van der Waals surface area contributed by atoms with Crippen molar-refractivity contribution in [2.24, 2.45) is 17.3 Å². The van der Waals surface area contributed by atoms with Crippen LogP contribution in [-0.2, 0) is 9.47 Å². The summed E-state index contributed by atoms with van der Waals surface area (Å²) in [5.41, 5.74) is -0.237. The zero-order valence-corrected chi connectivity index (χ0v) is 16.3. The van der Waals surface area contributed by atoms with Gasteiger partial charge in [-0.25, -0.2) is 0 Å². The first-order chi connectivity index (χ1) is 12.5. The molecule has 1 saturated carbocycles. The molecule has 6 N–H and O–H groups in total. The predicted molar refractivity (Wildman–Crippen MR) is 96.5 cm³/mol. The van der Waals surface area contributed by atoms with Gasteiger partial charge in [0.05, 0.1) is 24.9 Å². The van der Waals surface area contributed by atoms with Gasteiger partial charge in [0, 0.05) is 0 Å². The number of rotatable bonds is 5. The highest BCUT2D eigenvalue weighted by atomic mass is 16.7. The molecule has 0 aromatic carbocycles. The fraction of sp³-hybridized carbons (Fsp3) is 0.895. The molecule has 2 fully saturated rings. The van der Waals surface area contributed by atoms with E-state index >= 15 is 0 Å². The summed E-state index contributed by atoms with van der Waals surface area (Å²) in [5.74, 6) is -0.184. The monoisotopic (exact) mass is 390 g/mol. The van der Waals surface area contributed by atoms with Crippen LogP contribution in [-0.4, -0.2) is 86.3 Å². The first-order valence-corrected chi connectivity index (χ1v) is 9.50. The third kappa shape index (κ3) is 4.89. The van der Waals surface area contributed by atoms with Gasteiger partial charge in [0.1, 0.15) is 24.4 Å². The Labute approximate surface area is 160 Å². The zero-order valence-electron chi connectivity index (χ0n) is 16.3. The van der Waals surface area contributed by atoms with Crippen molar-refractivity contribution in [2.75, 3.05) is 6.61 Å². The van der Waals surface area contributed by atoms with E-state index in [-0.39, 0.29) is 17.3 Å². The van der Waals surface area contributed by atoms with E-state index in [1.165, 1.54) is 0 Å². The lowest BCUT2D eigenvalue weighted by Crippen LogP contribution is -2.61. The van der Waals surface area contributed by atoms with E-state index in [0.29, 0.717) is 6.42 Å². The Morgan fingerprint density at radius 3 is 2.33 bits per heavy atom. The fourth-order valence-electron chi connectivity index (χ4n) is 4.32. The first-order valence-electron chi connectivity index (χ1n) is 9.50. The Bertz CT molecular complexity index is 506. The number of hydrogen-bond donors (Lipinski definition) is 6. The molecule has 0 aromatic rings. The van der Waals surface area contributed by atoms with Crippen LogP contribution in [0.5, 0.6) is 0 Å². The van der Waals surface area contributed by atoms with Crippen LogP contribution >= 0.6 is 0 Å². The zero-order chi connectivity index (χ0) is 20.5. The maximum Gasteiger partial charge on any atom is 0.187 e. The second-order valence-corrected chi connectivity index (χ2v) is 8.57. The van der Waals surface area contributed by atoms with Crippen molar-refractivity contribution in [3.8, 4) is 0 Å². The van der Waals surface area contributed by atoms with E-state index in [0.717, 1.165) is 0 Å². The number of aliphatic hydroxyl groups excluding tert-OH is 6. The molecule has 1 heterocycles. The van der Waals surface area contributed by atoms with Crippen LogP contribution in [0.15, 0.2) is 12.2 Å². The Balaban J connectivity index is 2.18. The van der Waals surface area contributed by atoms with Gasteiger partial charge in [-0.2, -0.15) is 0 Å². The van der Waals surface area contributed by atoms with Crippen molar-refractivity contribution < 1.29 is 40.1 Å². The van der Waals surface area contributed by atoms with Gasteiger partial charge >= 0.3 is 0 Å². The molecular weight excluding hydrogens is 356 g/mol. The minimum absolute atomic E-state index is 0.00890. The van der Waals surface area contributed by atoms with E-state index < -0.39 is 55.6 Å². The van der Waals surface area contributed by atoms with Crippen LogP contribution in [0.25, 0.3) is 0 Å². The summed E-state index contributed by atoms with van der Waals surface area (Å²) >= 11 is 0. The van der Waals surface area contributed by atoms with Gasteiger partial charge in [-0.15, -0.1) is 0 Å². The summed E-state index contributed by atoms with van der Waals surface area (Å²) in [4.78, 5) is 0. The second-order valence-electron chi connectivity index (χ2n) is 8.57. The molecule has 1 aliphatic carbocycles. The molecule has 2 aliphatic rings.